The molecule has 1 aliphatic carbocycles. The number of nitrogens with zero attached hydrogens (tertiary/aromatic N) is 1. The van der Waals surface area contributed by atoms with E-state index in [0.717, 1.165) is 0 Å². The number of aliphatic imine (C=N–C) groups is 1. The second-order valence-electron chi connectivity index (χ2n) is 3.38. The Hall–Kier alpha value is -1.81. The molecule has 2 aliphatic rings. The summed E-state index contributed by atoms with van der Waals surface area (Å²) in [4.78, 5) is 26.9. The third kappa shape index (κ3) is 1.85. The van der Waals surface area contributed by atoms with Crippen molar-refractivity contribution in [2.45, 2.75) is 6.04 Å². The molecule has 76 valence electrons. The number of allylic oxidation sites excluding steroid dienone is 5. The summed E-state index contributed by atoms with van der Waals surface area (Å²) >= 11 is 0. The third-order valence-electron chi connectivity index (χ3n) is 2.30. The van der Waals surface area contributed by atoms with E-state index >= 15 is 0 Å². The van der Waals surface area contributed by atoms with E-state index in [-0.39, 0.29) is 5.78 Å². The van der Waals surface area contributed by atoms with Crippen LogP contribution in [-0.2, 0) is 9.59 Å². The van der Waals surface area contributed by atoms with Crippen LogP contribution in [0.2, 0.25) is 0 Å². The molecule has 4 heteroatoms. The molecule has 0 saturated heterocycles. The lowest BCUT2D eigenvalue weighted by Crippen LogP contribution is -2.32. The highest BCUT2D eigenvalue weighted by Crippen LogP contribution is 2.14. The molecule has 0 radical (unpaired) electrons. The molecule has 2 rings (SSSR count). The summed E-state index contributed by atoms with van der Waals surface area (Å²) in [5.41, 5.74) is 5.96. The Labute approximate surface area is 86.9 Å². The van der Waals surface area contributed by atoms with Crippen LogP contribution in [-0.4, -0.2) is 23.4 Å². The van der Waals surface area contributed by atoms with Gasteiger partial charge in [-0.05, 0) is 12.2 Å². The van der Waals surface area contributed by atoms with Crippen LogP contribution in [0.3, 0.4) is 0 Å². The van der Waals surface area contributed by atoms with Crippen LogP contribution in [0, 0.1) is 5.92 Å². The van der Waals surface area contributed by atoms with Gasteiger partial charge in [0.1, 0.15) is 6.04 Å². The largest absolute Gasteiger partial charge is 0.317 e. The first kappa shape index (κ1) is 9.73. The average molecular weight is 202 g/mol. The fraction of sp³-hybridized carbons (Fsp3) is 0.182. The van der Waals surface area contributed by atoms with Crippen molar-refractivity contribution < 1.29 is 9.59 Å². The number of amides is 1. The predicted octanol–water partition coefficient (Wildman–Crippen LogP) is 0.162. The lowest BCUT2D eigenvalue weighted by Gasteiger charge is -2.15. The highest BCUT2D eigenvalue weighted by molar-refractivity contribution is 6.19. The number of fused-ring (bicyclic) bond motifs is 1. The topological polar surface area (TPSA) is 72.5 Å². The molecule has 15 heavy (non-hydrogen) atoms. The van der Waals surface area contributed by atoms with Crippen LogP contribution in [0.1, 0.15) is 0 Å². The summed E-state index contributed by atoms with van der Waals surface area (Å²) in [6, 6.07) is -0.818. The Balaban J connectivity index is 2.43. The highest BCUT2D eigenvalue weighted by Gasteiger charge is 2.24. The zero-order chi connectivity index (χ0) is 10.8. The summed E-state index contributed by atoms with van der Waals surface area (Å²) in [5, 5.41) is 0. The minimum absolute atomic E-state index is 0.0997. The maximum Gasteiger partial charge on any atom is 0.266 e. The minimum atomic E-state index is -0.818. The number of hydrogen-bond acceptors (Lipinski definition) is 3. The van der Waals surface area contributed by atoms with Crippen molar-refractivity contribution in [2.24, 2.45) is 16.6 Å². The predicted molar refractivity (Wildman–Crippen MR) is 56.3 cm³/mol. The van der Waals surface area contributed by atoms with Crippen LogP contribution in [0.5, 0.6) is 0 Å². The summed E-state index contributed by atoms with van der Waals surface area (Å²) in [7, 11) is 0. The molecule has 0 fully saturated rings. The first-order valence-electron chi connectivity index (χ1n) is 4.63. The van der Waals surface area contributed by atoms with E-state index < -0.39 is 17.9 Å². The van der Waals surface area contributed by atoms with Crippen molar-refractivity contribution in [3.8, 4) is 0 Å². The number of carbonyl (C=O) groups excluding carboxylic acids is 2. The van der Waals surface area contributed by atoms with Gasteiger partial charge in [0.05, 0.1) is 11.6 Å². The third-order valence-corrected chi connectivity index (χ3v) is 2.30. The monoisotopic (exact) mass is 202 g/mol. The van der Waals surface area contributed by atoms with Gasteiger partial charge in [-0.2, -0.15) is 0 Å². The Morgan fingerprint density at radius 3 is 2.73 bits per heavy atom. The van der Waals surface area contributed by atoms with Gasteiger partial charge in [0.15, 0.2) is 5.78 Å². The molecule has 0 aromatic carbocycles. The SMILES string of the molecule is NC1/C=C\C(=O)C2C=CC=C/C2=N/C1=O. The zero-order valence-electron chi connectivity index (χ0n) is 7.96. The molecule has 1 aliphatic heterocycles. The zero-order valence-corrected chi connectivity index (χ0v) is 7.96. The maximum atomic E-state index is 11.6. The molecule has 0 spiro atoms. The van der Waals surface area contributed by atoms with Crippen molar-refractivity contribution in [1.82, 2.24) is 0 Å². The summed E-state index contributed by atoms with van der Waals surface area (Å²) in [5.74, 6) is -0.960. The lowest BCUT2D eigenvalue weighted by atomic mass is 9.92. The number of rotatable bonds is 0. The van der Waals surface area contributed by atoms with E-state index in [1.807, 2.05) is 0 Å². The Kier molecular flexibility index (Phi) is 2.43. The quantitative estimate of drug-likeness (QED) is 0.608. The molecule has 4 nitrogen and oxygen atoms in total. The fourth-order valence-corrected chi connectivity index (χ4v) is 1.47. The van der Waals surface area contributed by atoms with Crippen LogP contribution >= 0.6 is 0 Å². The second kappa shape index (κ2) is 3.74. The van der Waals surface area contributed by atoms with Crippen LogP contribution < -0.4 is 5.73 Å². The van der Waals surface area contributed by atoms with Gasteiger partial charge >= 0.3 is 0 Å². The molecular formula is C11H10N2O2. The maximum absolute atomic E-state index is 11.6. The Bertz CT molecular complexity index is 430. The van der Waals surface area contributed by atoms with Gasteiger partial charge in [-0.1, -0.05) is 24.3 Å². The minimum Gasteiger partial charge on any atom is -0.317 e. The molecule has 0 aromatic rings. The Morgan fingerprint density at radius 2 is 1.93 bits per heavy atom. The Morgan fingerprint density at radius 1 is 1.13 bits per heavy atom. The number of ketones is 1. The lowest BCUT2D eigenvalue weighted by molar-refractivity contribution is -0.118. The van der Waals surface area contributed by atoms with Gasteiger partial charge in [0.2, 0.25) is 0 Å². The average Bonchev–Trinajstić information content (AvgIpc) is 2.24. The number of nitrogens with two attached hydrogens (primary N) is 1. The van der Waals surface area contributed by atoms with Gasteiger partial charge < -0.3 is 5.73 Å². The highest BCUT2D eigenvalue weighted by atomic mass is 16.1. The van der Waals surface area contributed by atoms with Crippen molar-refractivity contribution in [3.63, 3.8) is 0 Å². The normalized spacial score (nSPS) is 35.1. The molecular weight excluding hydrogens is 192 g/mol. The number of hydrogen-bond donors (Lipinski definition) is 1. The van der Waals surface area contributed by atoms with Gasteiger partial charge in [-0.15, -0.1) is 0 Å². The first-order valence-corrected chi connectivity index (χ1v) is 4.63. The van der Waals surface area contributed by atoms with Crippen molar-refractivity contribution in [2.75, 3.05) is 0 Å². The van der Waals surface area contributed by atoms with E-state index in [4.69, 9.17) is 5.73 Å². The van der Waals surface area contributed by atoms with Gasteiger partial charge in [0.25, 0.3) is 5.91 Å². The fourth-order valence-electron chi connectivity index (χ4n) is 1.47. The van der Waals surface area contributed by atoms with E-state index in [2.05, 4.69) is 4.99 Å². The molecule has 0 aromatic heterocycles. The molecule has 1 heterocycles. The van der Waals surface area contributed by atoms with Crippen LogP contribution in [0.15, 0.2) is 41.4 Å². The molecule has 1 amide bonds. The van der Waals surface area contributed by atoms with E-state index in [1.165, 1.54) is 12.2 Å². The molecule has 2 N–H and O–H groups in total. The molecule has 0 bridgehead atoms. The van der Waals surface area contributed by atoms with Crippen molar-refractivity contribution >= 4 is 17.4 Å². The van der Waals surface area contributed by atoms with E-state index in [0.29, 0.717) is 5.71 Å². The summed E-state index contributed by atoms with van der Waals surface area (Å²) in [6.45, 7) is 0. The molecule has 2 unspecified atom stereocenters. The smallest absolute Gasteiger partial charge is 0.266 e. The number of carbonyl (C=O) groups is 2. The standard InChI is InChI=1S/C11H10N2O2/c12-8-5-6-10(14)7-3-1-2-4-9(7)13-11(8)15/h1-8H,12H2/b6-5-,13-9-. The van der Waals surface area contributed by atoms with E-state index in [1.54, 1.807) is 24.3 Å². The van der Waals surface area contributed by atoms with Crippen molar-refractivity contribution in [1.29, 1.82) is 0 Å². The first-order chi connectivity index (χ1) is 7.18. The van der Waals surface area contributed by atoms with Gasteiger partial charge in [-0.25, -0.2) is 4.99 Å². The van der Waals surface area contributed by atoms with Crippen LogP contribution in [0.4, 0.5) is 0 Å². The summed E-state index contributed by atoms with van der Waals surface area (Å²) in [6.07, 6.45) is 9.62. The van der Waals surface area contributed by atoms with Crippen molar-refractivity contribution in [3.05, 3.63) is 36.5 Å². The summed E-state index contributed by atoms with van der Waals surface area (Å²) < 4.78 is 0. The van der Waals surface area contributed by atoms with Crippen LogP contribution in [0.25, 0.3) is 0 Å². The second-order valence-corrected chi connectivity index (χ2v) is 3.38. The van der Waals surface area contributed by atoms with Gasteiger partial charge in [-0.3, -0.25) is 9.59 Å². The van der Waals surface area contributed by atoms with Gasteiger partial charge in [0, 0.05) is 0 Å². The molecule has 2 atom stereocenters. The van der Waals surface area contributed by atoms with E-state index in [9.17, 15) is 9.59 Å². The molecule has 0 saturated carbocycles.